The van der Waals surface area contributed by atoms with Crippen molar-refractivity contribution in [3.05, 3.63) is 6.33 Å². The van der Waals surface area contributed by atoms with E-state index >= 15 is 0 Å². The lowest BCUT2D eigenvalue weighted by Crippen LogP contribution is -2.50. The molecule has 2 rings (SSSR count). The van der Waals surface area contributed by atoms with Crippen molar-refractivity contribution in [2.75, 3.05) is 5.32 Å². The maximum Gasteiger partial charge on any atom is 0.327 e. The summed E-state index contributed by atoms with van der Waals surface area (Å²) < 4.78 is 0. The SMILES string of the molecule is C[C@@H](O)[C@H](N)C(=O)NC(=O)Nc1ncnc2c1N=C[N]2. The molecule has 1 aliphatic heterocycles. The molecule has 20 heavy (non-hydrogen) atoms. The summed E-state index contributed by atoms with van der Waals surface area (Å²) >= 11 is 0. The van der Waals surface area contributed by atoms with Crippen LogP contribution in [0.4, 0.5) is 22.1 Å². The zero-order valence-corrected chi connectivity index (χ0v) is 10.4. The van der Waals surface area contributed by atoms with Gasteiger partial charge in [0.25, 0.3) is 0 Å². The third kappa shape index (κ3) is 2.87. The van der Waals surface area contributed by atoms with Crippen LogP contribution in [-0.4, -0.2) is 45.5 Å². The number of hydrogen-bond donors (Lipinski definition) is 4. The molecule has 1 aliphatic rings. The number of urea groups is 1. The van der Waals surface area contributed by atoms with E-state index in [0.29, 0.717) is 11.5 Å². The third-order valence-corrected chi connectivity index (χ3v) is 2.46. The van der Waals surface area contributed by atoms with Crippen molar-refractivity contribution < 1.29 is 14.7 Å². The summed E-state index contributed by atoms with van der Waals surface area (Å²) in [4.78, 5) is 34.7. The summed E-state index contributed by atoms with van der Waals surface area (Å²) in [5, 5.41) is 17.3. The number of aliphatic imine (C=N–C) groups is 1. The molecule has 1 aromatic rings. The number of fused-ring (bicyclic) bond motifs is 1. The van der Waals surface area contributed by atoms with Gasteiger partial charge in [0.05, 0.1) is 6.10 Å². The number of aliphatic hydroxyl groups excluding tert-OH is 1. The van der Waals surface area contributed by atoms with E-state index in [2.05, 4.69) is 25.6 Å². The third-order valence-electron chi connectivity index (χ3n) is 2.46. The lowest BCUT2D eigenvalue weighted by Gasteiger charge is -2.14. The predicted octanol–water partition coefficient (Wildman–Crippen LogP) is -1.26. The number of amides is 3. The van der Waals surface area contributed by atoms with E-state index in [1.807, 2.05) is 5.32 Å². The Morgan fingerprint density at radius 1 is 1.40 bits per heavy atom. The monoisotopic (exact) mass is 278 g/mol. The minimum atomic E-state index is -1.20. The van der Waals surface area contributed by atoms with E-state index in [-0.39, 0.29) is 5.82 Å². The van der Waals surface area contributed by atoms with Crippen LogP contribution < -0.4 is 21.7 Å². The Hall–Kier alpha value is -2.59. The van der Waals surface area contributed by atoms with E-state index in [4.69, 9.17) is 10.8 Å². The molecular formula is C10H12N7O3. The molecule has 0 spiro atoms. The Morgan fingerprint density at radius 2 is 2.15 bits per heavy atom. The molecule has 1 radical (unpaired) electrons. The second-order valence-electron chi connectivity index (χ2n) is 3.98. The van der Waals surface area contributed by atoms with Gasteiger partial charge in [-0.25, -0.2) is 25.1 Å². The minimum Gasteiger partial charge on any atom is -0.391 e. The van der Waals surface area contributed by atoms with Crippen molar-refractivity contribution in [2.24, 2.45) is 10.7 Å². The maximum atomic E-state index is 11.6. The molecule has 5 N–H and O–H groups in total. The smallest absolute Gasteiger partial charge is 0.327 e. The number of nitrogens with two attached hydrogens (primary N) is 1. The van der Waals surface area contributed by atoms with Crippen molar-refractivity contribution in [2.45, 2.75) is 19.1 Å². The van der Waals surface area contributed by atoms with Gasteiger partial charge in [-0.1, -0.05) is 0 Å². The van der Waals surface area contributed by atoms with Crippen molar-refractivity contribution >= 4 is 35.6 Å². The number of imide groups is 1. The standard InChI is InChI=1S/C10H12N7O3/c1-4(18)5(11)9(19)17-10(20)16-8-6-7(13-2-12-6)14-3-15-8/h2-5,18H,11H2,1H3,(H2,14,15,16,17,19,20)/t4-,5+/m1/s1. The molecule has 2 atom stereocenters. The number of nitrogens with one attached hydrogen (secondary N) is 2. The van der Waals surface area contributed by atoms with Crippen LogP contribution in [0.15, 0.2) is 11.3 Å². The van der Waals surface area contributed by atoms with Crippen LogP contribution in [0.25, 0.3) is 0 Å². The number of aliphatic hydroxyl groups is 1. The van der Waals surface area contributed by atoms with Crippen LogP contribution in [-0.2, 0) is 4.79 Å². The van der Waals surface area contributed by atoms with Crippen LogP contribution in [0.5, 0.6) is 0 Å². The molecule has 0 aliphatic carbocycles. The molecule has 0 aromatic carbocycles. The van der Waals surface area contributed by atoms with Crippen LogP contribution in [0.3, 0.4) is 0 Å². The number of aromatic nitrogens is 2. The van der Waals surface area contributed by atoms with E-state index in [1.54, 1.807) is 0 Å². The molecule has 1 aromatic heterocycles. The highest BCUT2D eigenvalue weighted by Crippen LogP contribution is 2.31. The molecule has 2 heterocycles. The number of rotatable bonds is 3. The molecular weight excluding hydrogens is 266 g/mol. The first-order valence-electron chi connectivity index (χ1n) is 5.63. The van der Waals surface area contributed by atoms with Gasteiger partial charge < -0.3 is 10.8 Å². The van der Waals surface area contributed by atoms with Crippen molar-refractivity contribution in [3.63, 3.8) is 0 Å². The highest BCUT2D eigenvalue weighted by molar-refractivity contribution is 6.04. The van der Waals surface area contributed by atoms with E-state index < -0.39 is 24.1 Å². The highest BCUT2D eigenvalue weighted by Gasteiger charge is 2.22. The quantitative estimate of drug-likeness (QED) is 0.540. The summed E-state index contributed by atoms with van der Waals surface area (Å²) in [6, 6.07) is -2.04. The zero-order valence-electron chi connectivity index (χ0n) is 10.4. The second-order valence-corrected chi connectivity index (χ2v) is 3.98. The molecule has 105 valence electrons. The van der Waals surface area contributed by atoms with E-state index in [0.717, 1.165) is 0 Å². The van der Waals surface area contributed by atoms with Gasteiger partial charge in [0.1, 0.15) is 18.7 Å². The summed E-state index contributed by atoms with van der Waals surface area (Å²) in [5.41, 5.74) is 5.69. The fourth-order valence-corrected chi connectivity index (χ4v) is 1.37. The summed E-state index contributed by atoms with van der Waals surface area (Å²) in [5.74, 6) is -0.373. The zero-order chi connectivity index (χ0) is 14.7. The molecule has 3 amide bonds. The molecule has 0 fully saturated rings. The molecule has 10 nitrogen and oxygen atoms in total. The Kier molecular flexibility index (Phi) is 3.86. The Balaban J connectivity index is 2.01. The van der Waals surface area contributed by atoms with Crippen LogP contribution in [0.2, 0.25) is 0 Å². The average molecular weight is 278 g/mol. The summed E-state index contributed by atoms with van der Waals surface area (Å²) in [6.45, 7) is 1.34. The number of nitrogens with zero attached hydrogens (tertiary/aromatic N) is 4. The lowest BCUT2D eigenvalue weighted by atomic mass is 10.2. The fourth-order valence-electron chi connectivity index (χ4n) is 1.37. The lowest BCUT2D eigenvalue weighted by molar-refractivity contribution is -0.123. The van der Waals surface area contributed by atoms with Gasteiger partial charge in [0.2, 0.25) is 5.91 Å². The molecule has 0 saturated carbocycles. The molecule has 0 unspecified atom stereocenters. The Bertz CT molecular complexity index is 572. The van der Waals surface area contributed by atoms with Gasteiger partial charge in [-0.2, -0.15) is 0 Å². The van der Waals surface area contributed by atoms with Gasteiger partial charge in [0, 0.05) is 0 Å². The van der Waals surface area contributed by atoms with Gasteiger partial charge in [-0.15, -0.1) is 0 Å². The first-order chi connectivity index (χ1) is 9.49. The van der Waals surface area contributed by atoms with Gasteiger partial charge in [-0.3, -0.25) is 15.4 Å². The Morgan fingerprint density at radius 3 is 2.85 bits per heavy atom. The second kappa shape index (κ2) is 5.59. The average Bonchev–Trinajstić information content (AvgIpc) is 2.86. The van der Waals surface area contributed by atoms with Crippen LogP contribution in [0, 0.1) is 0 Å². The number of hydrogen-bond acceptors (Lipinski definition) is 7. The van der Waals surface area contributed by atoms with Crippen LogP contribution >= 0.6 is 0 Å². The summed E-state index contributed by atoms with van der Waals surface area (Å²) in [6.07, 6.45) is 1.40. The van der Waals surface area contributed by atoms with E-state index in [1.165, 1.54) is 19.6 Å². The maximum absolute atomic E-state index is 11.6. The molecule has 0 bridgehead atoms. The van der Waals surface area contributed by atoms with Crippen molar-refractivity contribution in [1.82, 2.24) is 20.6 Å². The highest BCUT2D eigenvalue weighted by atomic mass is 16.3. The normalized spacial score (nSPS) is 14.9. The topological polar surface area (TPSA) is 157 Å². The molecule has 0 saturated heterocycles. The summed E-state index contributed by atoms with van der Waals surface area (Å²) in [7, 11) is 0. The van der Waals surface area contributed by atoms with Gasteiger partial charge >= 0.3 is 6.03 Å². The van der Waals surface area contributed by atoms with Gasteiger partial charge in [0.15, 0.2) is 17.3 Å². The molecule has 10 heteroatoms. The fraction of sp³-hybridized carbons (Fsp3) is 0.300. The minimum absolute atomic E-state index is 0.114. The Labute approximate surface area is 113 Å². The first kappa shape index (κ1) is 13.8. The van der Waals surface area contributed by atoms with Gasteiger partial charge in [-0.05, 0) is 6.92 Å². The number of carbonyl (C=O) groups excluding carboxylic acids is 2. The van der Waals surface area contributed by atoms with Crippen molar-refractivity contribution in [1.29, 1.82) is 0 Å². The van der Waals surface area contributed by atoms with Crippen molar-refractivity contribution in [3.8, 4) is 0 Å². The van der Waals surface area contributed by atoms with E-state index in [9.17, 15) is 9.59 Å². The number of anilines is 1. The number of carbonyl (C=O) groups is 2. The largest absolute Gasteiger partial charge is 0.391 e. The predicted molar refractivity (Wildman–Crippen MR) is 68.8 cm³/mol. The van der Waals surface area contributed by atoms with Crippen LogP contribution in [0.1, 0.15) is 6.92 Å². The first-order valence-corrected chi connectivity index (χ1v) is 5.63.